The molecule has 1 aliphatic heterocycles. The van der Waals surface area contributed by atoms with Gasteiger partial charge >= 0.3 is 0 Å². The van der Waals surface area contributed by atoms with E-state index in [4.69, 9.17) is 5.11 Å². The van der Waals surface area contributed by atoms with E-state index in [-0.39, 0.29) is 18.4 Å². The number of aliphatic hydroxyl groups is 4. The predicted octanol–water partition coefficient (Wildman–Crippen LogP) is -2.64. The largest absolute Gasteiger partial charge is 0.396 e. The van der Waals surface area contributed by atoms with Gasteiger partial charge in [0.15, 0.2) is 0 Å². The number of aliphatic hydroxyl groups excluding tert-OH is 3. The summed E-state index contributed by atoms with van der Waals surface area (Å²) in [7, 11) is 0. The fourth-order valence-electron chi connectivity index (χ4n) is 2.87. The minimum absolute atomic E-state index is 0.0551. The van der Waals surface area contributed by atoms with Gasteiger partial charge in [-0.2, -0.15) is 0 Å². The summed E-state index contributed by atoms with van der Waals surface area (Å²) < 4.78 is 0. The van der Waals surface area contributed by atoms with Crippen molar-refractivity contribution in [2.75, 3.05) is 26.2 Å². The molecule has 0 aromatic rings. The third-order valence-corrected chi connectivity index (χ3v) is 4.38. The Hall–Kier alpha value is -1.32. The minimum Gasteiger partial charge on any atom is -0.396 e. The Morgan fingerprint density at radius 1 is 1.18 bits per heavy atom. The van der Waals surface area contributed by atoms with Gasteiger partial charge in [-0.25, -0.2) is 0 Å². The van der Waals surface area contributed by atoms with Crippen LogP contribution in [0, 0.1) is 5.92 Å². The van der Waals surface area contributed by atoms with Crippen molar-refractivity contribution >= 4 is 11.8 Å². The van der Waals surface area contributed by atoms with Crippen LogP contribution in [0.4, 0.5) is 0 Å². The molecule has 1 fully saturated rings. The van der Waals surface area contributed by atoms with Crippen LogP contribution >= 0.6 is 0 Å². The third kappa shape index (κ3) is 3.06. The van der Waals surface area contributed by atoms with Crippen LogP contribution in [-0.2, 0) is 9.59 Å². The van der Waals surface area contributed by atoms with Crippen LogP contribution in [-0.4, -0.2) is 81.2 Å². The van der Waals surface area contributed by atoms with Crippen molar-refractivity contribution in [1.29, 1.82) is 0 Å². The SMILES string of the molecule is O=C1C=CC(=O)N1CCCCNCC1(O)C(O)C(O)C1CO. The number of carbonyl (C=O) groups excluding carboxylic acids is 2. The number of hydrogen-bond acceptors (Lipinski definition) is 7. The zero-order valence-corrected chi connectivity index (χ0v) is 12.2. The molecule has 1 saturated carbocycles. The summed E-state index contributed by atoms with van der Waals surface area (Å²) in [5.41, 5.74) is -1.53. The van der Waals surface area contributed by atoms with Gasteiger partial charge in [0.1, 0.15) is 11.7 Å². The van der Waals surface area contributed by atoms with E-state index in [0.717, 1.165) is 0 Å². The Morgan fingerprint density at radius 3 is 2.41 bits per heavy atom. The number of rotatable bonds is 8. The molecule has 22 heavy (non-hydrogen) atoms. The van der Waals surface area contributed by atoms with Gasteiger partial charge in [0, 0.05) is 31.2 Å². The number of nitrogens with zero attached hydrogens (tertiary/aromatic N) is 1. The average Bonchev–Trinajstić information content (AvgIpc) is 2.82. The molecule has 2 amide bonds. The Kier molecular flexibility index (Phi) is 5.30. The van der Waals surface area contributed by atoms with Crippen molar-refractivity contribution < 1.29 is 30.0 Å². The number of nitrogens with one attached hydrogen (secondary N) is 1. The molecule has 0 bridgehead atoms. The summed E-state index contributed by atoms with van der Waals surface area (Å²) >= 11 is 0. The Morgan fingerprint density at radius 2 is 1.82 bits per heavy atom. The maximum Gasteiger partial charge on any atom is 0.253 e. The Labute approximate surface area is 128 Å². The maximum absolute atomic E-state index is 11.3. The van der Waals surface area contributed by atoms with Gasteiger partial charge in [-0.05, 0) is 19.4 Å². The van der Waals surface area contributed by atoms with Gasteiger partial charge in [0.2, 0.25) is 0 Å². The molecule has 0 radical (unpaired) electrons. The van der Waals surface area contributed by atoms with Crippen LogP contribution in [0.15, 0.2) is 12.2 Å². The van der Waals surface area contributed by atoms with Gasteiger partial charge in [-0.3, -0.25) is 14.5 Å². The third-order valence-electron chi connectivity index (χ3n) is 4.38. The summed E-state index contributed by atoms with van der Waals surface area (Å²) in [5, 5.41) is 41.3. The van der Waals surface area contributed by atoms with E-state index in [0.29, 0.717) is 25.9 Å². The Balaban J connectivity index is 1.62. The zero-order chi connectivity index (χ0) is 16.3. The fourth-order valence-corrected chi connectivity index (χ4v) is 2.87. The second-order valence-electron chi connectivity index (χ2n) is 5.76. The molecular weight excluding hydrogens is 292 g/mol. The molecule has 124 valence electrons. The van der Waals surface area contributed by atoms with E-state index in [1.165, 1.54) is 17.1 Å². The predicted molar refractivity (Wildman–Crippen MR) is 75.5 cm³/mol. The highest BCUT2D eigenvalue weighted by Crippen LogP contribution is 2.38. The molecule has 4 atom stereocenters. The lowest BCUT2D eigenvalue weighted by Gasteiger charge is -2.52. The molecule has 1 aliphatic carbocycles. The highest BCUT2D eigenvalue weighted by atomic mass is 16.4. The zero-order valence-electron chi connectivity index (χ0n) is 12.2. The summed E-state index contributed by atoms with van der Waals surface area (Å²) in [4.78, 5) is 23.8. The van der Waals surface area contributed by atoms with Crippen molar-refractivity contribution in [2.24, 2.45) is 5.92 Å². The van der Waals surface area contributed by atoms with Gasteiger partial charge in [0.25, 0.3) is 11.8 Å². The molecule has 5 N–H and O–H groups in total. The van der Waals surface area contributed by atoms with E-state index >= 15 is 0 Å². The van der Waals surface area contributed by atoms with Crippen molar-refractivity contribution in [3.8, 4) is 0 Å². The number of amides is 2. The first-order chi connectivity index (χ1) is 10.4. The quantitative estimate of drug-likeness (QED) is 0.244. The Bertz CT molecular complexity index is 450. The van der Waals surface area contributed by atoms with Crippen LogP contribution in [0.1, 0.15) is 12.8 Å². The molecule has 2 aliphatic rings. The lowest BCUT2D eigenvalue weighted by atomic mass is 9.64. The summed E-state index contributed by atoms with van der Waals surface area (Å²) in [6.07, 6.45) is 1.40. The van der Waals surface area contributed by atoms with Crippen molar-refractivity contribution in [3.63, 3.8) is 0 Å². The summed E-state index contributed by atoms with van der Waals surface area (Å²) in [6.45, 7) is 0.520. The molecule has 0 saturated heterocycles. The highest BCUT2D eigenvalue weighted by molar-refractivity contribution is 6.12. The first-order valence-electron chi connectivity index (χ1n) is 7.35. The lowest BCUT2D eigenvalue weighted by Crippen LogP contribution is -2.74. The number of carbonyl (C=O) groups is 2. The van der Waals surface area contributed by atoms with Crippen molar-refractivity contribution in [3.05, 3.63) is 12.2 Å². The molecular formula is C14H22N2O6. The number of imide groups is 1. The van der Waals surface area contributed by atoms with Gasteiger partial charge in [-0.1, -0.05) is 0 Å². The topological polar surface area (TPSA) is 130 Å². The van der Waals surface area contributed by atoms with Crippen LogP contribution in [0.3, 0.4) is 0 Å². The minimum atomic E-state index is -1.53. The van der Waals surface area contributed by atoms with Crippen LogP contribution in [0.25, 0.3) is 0 Å². The molecule has 1 heterocycles. The normalized spacial score (nSPS) is 34.4. The second kappa shape index (κ2) is 6.84. The first-order valence-corrected chi connectivity index (χ1v) is 7.35. The van der Waals surface area contributed by atoms with Gasteiger partial charge < -0.3 is 25.7 Å². The van der Waals surface area contributed by atoms with E-state index in [2.05, 4.69) is 5.32 Å². The lowest BCUT2D eigenvalue weighted by molar-refractivity contribution is -0.265. The van der Waals surface area contributed by atoms with Crippen molar-refractivity contribution in [2.45, 2.75) is 30.7 Å². The van der Waals surface area contributed by atoms with E-state index in [1.54, 1.807) is 0 Å². The molecule has 4 unspecified atom stereocenters. The first kappa shape index (κ1) is 17.0. The van der Waals surface area contributed by atoms with E-state index in [1.807, 2.05) is 0 Å². The van der Waals surface area contributed by atoms with Crippen LogP contribution in [0.2, 0.25) is 0 Å². The molecule has 0 aromatic heterocycles. The molecule has 2 rings (SSSR count). The molecule has 0 aromatic carbocycles. The summed E-state index contributed by atoms with van der Waals surface area (Å²) in [6, 6.07) is 0. The number of hydrogen-bond donors (Lipinski definition) is 5. The maximum atomic E-state index is 11.3. The van der Waals surface area contributed by atoms with Crippen LogP contribution in [0.5, 0.6) is 0 Å². The smallest absolute Gasteiger partial charge is 0.253 e. The standard InChI is InChI=1S/C14H22N2O6/c17-7-9-12(20)13(21)14(9,22)8-15-5-1-2-6-16-10(18)3-4-11(16)19/h3-4,9,12-13,15,17,20-22H,1-2,5-8H2. The second-order valence-corrected chi connectivity index (χ2v) is 5.76. The molecule has 8 nitrogen and oxygen atoms in total. The average molecular weight is 314 g/mol. The van der Waals surface area contributed by atoms with Crippen molar-refractivity contribution in [1.82, 2.24) is 10.2 Å². The highest BCUT2D eigenvalue weighted by Gasteiger charge is 2.60. The van der Waals surface area contributed by atoms with Gasteiger partial charge in [-0.15, -0.1) is 0 Å². The van der Waals surface area contributed by atoms with E-state index < -0.39 is 30.3 Å². The molecule has 0 spiro atoms. The molecule has 8 heteroatoms. The summed E-state index contributed by atoms with van der Waals surface area (Å²) in [5.74, 6) is -1.37. The van der Waals surface area contributed by atoms with Gasteiger partial charge in [0.05, 0.1) is 12.7 Å². The fraction of sp³-hybridized carbons (Fsp3) is 0.714. The van der Waals surface area contributed by atoms with Crippen LogP contribution < -0.4 is 5.32 Å². The monoisotopic (exact) mass is 314 g/mol. The van der Waals surface area contributed by atoms with E-state index in [9.17, 15) is 24.9 Å². The number of unbranched alkanes of at least 4 members (excludes halogenated alkanes) is 1.